The van der Waals surface area contributed by atoms with Gasteiger partial charge in [-0.25, -0.2) is 4.98 Å². The highest BCUT2D eigenvalue weighted by Crippen LogP contribution is 2.14. The monoisotopic (exact) mass is 254 g/mol. The molecule has 1 aliphatic heterocycles. The van der Waals surface area contributed by atoms with Gasteiger partial charge in [0.25, 0.3) is 5.91 Å². The van der Waals surface area contributed by atoms with Crippen molar-refractivity contribution < 1.29 is 14.5 Å². The van der Waals surface area contributed by atoms with Gasteiger partial charge in [0.15, 0.2) is 5.69 Å². The van der Waals surface area contributed by atoms with Crippen LogP contribution >= 0.6 is 0 Å². The standard InChI is InChI=1S/C10H14N4O4/c11-5-7-6-13(3-4-18-7)10(15)8-1-2-9(12-8)14(16)17/h1-2,7,12H,3-6,11H2. The summed E-state index contributed by atoms with van der Waals surface area (Å²) < 4.78 is 5.35. The van der Waals surface area contributed by atoms with E-state index in [1.165, 1.54) is 12.1 Å². The van der Waals surface area contributed by atoms with Gasteiger partial charge in [-0.05, 0) is 11.0 Å². The van der Waals surface area contributed by atoms with Crippen molar-refractivity contribution in [1.29, 1.82) is 0 Å². The smallest absolute Gasteiger partial charge is 0.321 e. The first-order chi connectivity index (χ1) is 8.61. The summed E-state index contributed by atoms with van der Waals surface area (Å²) in [5, 5.41) is 10.5. The predicted molar refractivity (Wildman–Crippen MR) is 62.1 cm³/mol. The molecule has 1 saturated heterocycles. The first-order valence-corrected chi connectivity index (χ1v) is 5.56. The number of hydrogen-bond donors (Lipinski definition) is 2. The van der Waals surface area contributed by atoms with Crippen LogP contribution in [-0.2, 0) is 4.74 Å². The fraction of sp³-hybridized carbons (Fsp3) is 0.500. The summed E-state index contributed by atoms with van der Waals surface area (Å²) in [6.07, 6.45) is -0.173. The number of morpholine rings is 1. The van der Waals surface area contributed by atoms with E-state index in [1.54, 1.807) is 4.90 Å². The lowest BCUT2D eigenvalue weighted by molar-refractivity contribution is -0.389. The minimum absolute atomic E-state index is 0.173. The Bertz CT molecular complexity index is 458. The highest BCUT2D eigenvalue weighted by molar-refractivity contribution is 5.93. The van der Waals surface area contributed by atoms with Gasteiger partial charge in [0.1, 0.15) is 0 Å². The number of carbonyl (C=O) groups excluding carboxylic acids is 1. The van der Waals surface area contributed by atoms with Gasteiger partial charge in [-0.3, -0.25) is 4.79 Å². The molecule has 1 amide bonds. The number of aromatic amines is 1. The Labute approximate surface area is 103 Å². The van der Waals surface area contributed by atoms with Crippen molar-refractivity contribution in [3.63, 3.8) is 0 Å². The molecule has 0 spiro atoms. The van der Waals surface area contributed by atoms with Crippen LogP contribution in [-0.4, -0.2) is 53.1 Å². The van der Waals surface area contributed by atoms with Crippen LogP contribution in [0.15, 0.2) is 12.1 Å². The topological polar surface area (TPSA) is 114 Å². The molecule has 1 aromatic heterocycles. The number of nitrogens with one attached hydrogen (secondary N) is 1. The van der Waals surface area contributed by atoms with Crippen LogP contribution < -0.4 is 5.73 Å². The molecule has 8 heteroatoms. The number of hydrogen-bond acceptors (Lipinski definition) is 5. The third kappa shape index (κ3) is 2.49. The lowest BCUT2D eigenvalue weighted by Gasteiger charge is -2.31. The minimum atomic E-state index is -0.571. The molecule has 0 aliphatic carbocycles. The fourth-order valence-electron chi connectivity index (χ4n) is 1.83. The lowest BCUT2D eigenvalue weighted by atomic mass is 10.2. The lowest BCUT2D eigenvalue weighted by Crippen LogP contribution is -2.48. The summed E-state index contributed by atoms with van der Waals surface area (Å²) in [6.45, 7) is 1.63. The third-order valence-electron chi connectivity index (χ3n) is 2.79. The van der Waals surface area contributed by atoms with Gasteiger partial charge in [-0.1, -0.05) is 0 Å². The van der Waals surface area contributed by atoms with E-state index in [1.807, 2.05) is 0 Å². The number of nitrogens with two attached hydrogens (primary N) is 1. The summed E-state index contributed by atoms with van der Waals surface area (Å²) >= 11 is 0. The Morgan fingerprint density at radius 2 is 2.44 bits per heavy atom. The molecule has 1 unspecified atom stereocenters. The normalized spacial score (nSPS) is 19.8. The number of H-pyrrole nitrogens is 1. The Kier molecular flexibility index (Phi) is 3.58. The van der Waals surface area contributed by atoms with Gasteiger partial charge in [0, 0.05) is 25.7 Å². The van der Waals surface area contributed by atoms with Crippen molar-refractivity contribution >= 4 is 11.7 Å². The number of nitro groups is 1. The predicted octanol–water partition coefficient (Wildman–Crippen LogP) is -0.277. The first-order valence-electron chi connectivity index (χ1n) is 5.56. The van der Waals surface area contributed by atoms with E-state index in [4.69, 9.17) is 10.5 Å². The summed E-state index contributed by atoms with van der Waals surface area (Å²) in [6, 6.07) is 2.68. The highest BCUT2D eigenvalue weighted by Gasteiger charge is 2.27. The number of nitrogens with zero attached hydrogens (tertiary/aromatic N) is 2. The van der Waals surface area contributed by atoms with Gasteiger partial charge < -0.3 is 25.5 Å². The van der Waals surface area contributed by atoms with Crippen LogP contribution in [0.1, 0.15) is 10.5 Å². The quantitative estimate of drug-likeness (QED) is 0.568. The molecule has 1 fully saturated rings. The Balaban J connectivity index is 2.07. The van der Waals surface area contributed by atoms with Crippen LogP contribution in [0, 0.1) is 10.1 Å². The molecule has 98 valence electrons. The van der Waals surface area contributed by atoms with Gasteiger partial charge in [0.2, 0.25) is 0 Å². The number of carbonyl (C=O) groups is 1. The maximum Gasteiger partial charge on any atom is 0.321 e. The molecule has 1 aromatic rings. The molecule has 18 heavy (non-hydrogen) atoms. The Morgan fingerprint density at radius 3 is 3.06 bits per heavy atom. The van der Waals surface area contributed by atoms with Crippen molar-refractivity contribution in [3.8, 4) is 0 Å². The van der Waals surface area contributed by atoms with Crippen LogP contribution in [0.2, 0.25) is 0 Å². The second-order valence-corrected chi connectivity index (χ2v) is 3.99. The summed E-state index contributed by atoms with van der Waals surface area (Å²) in [5.41, 5.74) is 5.70. The molecular formula is C10H14N4O4. The number of rotatable bonds is 3. The molecule has 0 saturated carbocycles. The van der Waals surface area contributed by atoms with Gasteiger partial charge >= 0.3 is 5.82 Å². The zero-order chi connectivity index (χ0) is 13.1. The van der Waals surface area contributed by atoms with Gasteiger partial charge in [0.05, 0.1) is 12.7 Å². The van der Waals surface area contributed by atoms with Crippen molar-refractivity contribution in [1.82, 2.24) is 9.88 Å². The molecule has 3 N–H and O–H groups in total. The third-order valence-corrected chi connectivity index (χ3v) is 2.79. The first kappa shape index (κ1) is 12.5. The largest absolute Gasteiger partial charge is 0.373 e. The van der Waals surface area contributed by atoms with E-state index in [9.17, 15) is 14.9 Å². The average molecular weight is 254 g/mol. The van der Waals surface area contributed by atoms with E-state index >= 15 is 0 Å². The van der Waals surface area contributed by atoms with Crippen molar-refractivity contribution in [3.05, 3.63) is 27.9 Å². The maximum absolute atomic E-state index is 12.1. The number of amides is 1. The molecule has 8 nitrogen and oxygen atoms in total. The van der Waals surface area contributed by atoms with Crippen LogP contribution in [0.5, 0.6) is 0 Å². The number of aromatic nitrogens is 1. The number of ether oxygens (including phenoxy) is 1. The summed E-state index contributed by atoms with van der Waals surface area (Å²) in [5.74, 6) is -0.466. The van der Waals surface area contributed by atoms with Crippen LogP contribution in [0.25, 0.3) is 0 Å². The van der Waals surface area contributed by atoms with E-state index < -0.39 is 4.92 Å². The molecule has 2 heterocycles. The summed E-state index contributed by atoms with van der Waals surface area (Å²) in [7, 11) is 0. The SMILES string of the molecule is NCC1CN(C(=O)c2ccc([N+](=O)[O-])[nH]2)CCO1. The maximum atomic E-state index is 12.1. The molecular weight excluding hydrogens is 240 g/mol. The van der Waals surface area contributed by atoms with Crippen molar-refractivity contribution in [2.45, 2.75) is 6.10 Å². The molecule has 0 bridgehead atoms. The summed E-state index contributed by atoms with van der Waals surface area (Å²) in [4.78, 5) is 26.1. The molecule has 1 atom stereocenters. The zero-order valence-corrected chi connectivity index (χ0v) is 9.67. The molecule has 2 rings (SSSR count). The Morgan fingerprint density at radius 1 is 1.67 bits per heavy atom. The minimum Gasteiger partial charge on any atom is -0.373 e. The second kappa shape index (κ2) is 5.15. The molecule has 1 aliphatic rings. The van der Waals surface area contributed by atoms with Crippen LogP contribution in [0.3, 0.4) is 0 Å². The van der Waals surface area contributed by atoms with E-state index in [0.29, 0.717) is 26.2 Å². The average Bonchev–Trinajstić information content (AvgIpc) is 2.87. The van der Waals surface area contributed by atoms with Crippen molar-refractivity contribution in [2.24, 2.45) is 5.73 Å². The van der Waals surface area contributed by atoms with Gasteiger partial charge in [-0.15, -0.1) is 0 Å². The highest BCUT2D eigenvalue weighted by atomic mass is 16.6. The molecule has 0 radical (unpaired) electrons. The Hall–Kier alpha value is -1.93. The fourth-order valence-corrected chi connectivity index (χ4v) is 1.83. The van der Waals surface area contributed by atoms with E-state index in [-0.39, 0.29) is 23.5 Å². The van der Waals surface area contributed by atoms with E-state index in [0.717, 1.165) is 0 Å². The van der Waals surface area contributed by atoms with Gasteiger partial charge in [-0.2, -0.15) is 0 Å². The molecule has 0 aromatic carbocycles. The van der Waals surface area contributed by atoms with Crippen LogP contribution in [0.4, 0.5) is 5.82 Å². The zero-order valence-electron chi connectivity index (χ0n) is 9.67. The van der Waals surface area contributed by atoms with Crippen molar-refractivity contribution in [2.75, 3.05) is 26.2 Å². The second-order valence-electron chi connectivity index (χ2n) is 3.99. The van der Waals surface area contributed by atoms with E-state index in [2.05, 4.69) is 4.98 Å².